The minimum atomic E-state index is 0. The number of nitrogens with zero attached hydrogens (tertiary/aromatic N) is 3. The third-order valence-electron chi connectivity index (χ3n) is 6.50. The van der Waals surface area contributed by atoms with E-state index in [1.807, 2.05) is 61.8 Å². The molecule has 1 radical (unpaired) electrons. The van der Waals surface area contributed by atoms with Crippen molar-refractivity contribution in [2.45, 2.75) is 40.5 Å². The summed E-state index contributed by atoms with van der Waals surface area (Å²) < 4.78 is 6.04. The smallest absolute Gasteiger partial charge is 0.216 e. The fourth-order valence-corrected chi connectivity index (χ4v) is 4.17. The zero-order valence-electron chi connectivity index (χ0n) is 22.2. The summed E-state index contributed by atoms with van der Waals surface area (Å²) in [7, 11) is 0. The van der Waals surface area contributed by atoms with Crippen LogP contribution in [0.2, 0.25) is 0 Å². The molecule has 0 aliphatic carbocycles. The van der Waals surface area contributed by atoms with Crippen molar-refractivity contribution in [1.82, 2.24) is 15.0 Å². The van der Waals surface area contributed by atoms with Crippen LogP contribution in [0.4, 0.5) is 0 Å². The van der Waals surface area contributed by atoms with Crippen molar-refractivity contribution >= 4 is 22.1 Å². The zero-order valence-corrected chi connectivity index (χ0v) is 24.6. The summed E-state index contributed by atoms with van der Waals surface area (Å²) in [6.07, 6.45) is 3.76. The molecule has 0 fully saturated rings. The molecule has 6 aromatic rings. The fraction of sp³-hybridized carbons (Fsp3) is 0.182. The summed E-state index contributed by atoms with van der Waals surface area (Å²) in [6.45, 7) is 10.5. The number of fused-ring (bicyclic) bond motifs is 3. The maximum atomic E-state index is 6.04. The first kappa shape index (κ1) is 27.4. The van der Waals surface area contributed by atoms with Crippen LogP contribution in [-0.4, -0.2) is 15.0 Å². The normalized spacial score (nSPS) is 10.8. The number of aryl methyl sites for hydroxylation is 3. The van der Waals surface area contributed by atoms with Crippen molar-refractivity contribution in [2.24, 2.45) is 0 Å². The number of benzene rings is 2. The van der Waals surface area contributed by atoms with Gasteiger partial charge in [-0.2, -0.15) is 0 Å². The molecule has 4 aromatic heterocycles. The molecule has 0 bridgehead atoms. The molecule has 0 unspecified atom stereocenters. The van der Waals surface area contributed by atoms with Gasteiger partial charge in [0.25, 0.3) is 0 Å². The number of hydrogen-bond donors (Lipinski definition) is 0. The quantitative estimate of drug-likeness (QED) is 0.177. The van der Waals surface area contributed by atoms with E-state index < -0.39 is 0 Å². The molecular weight excluding hydrogens is 647 g/mol. The van der Waals surface area contributed by atoms with Gasteiger partial charge in [0.2, 0.25) is 5.71 Å². The van der Waals surface area contributed by atoms with Gasteiger partial charge in [0.15, 0.2) is 0 Å². The van der Waals surface area contributed by atoms with E-state index in [1.165, 1.54) is 16.7 Å². The van der Waals surface area contributed by atoms with Gasteiger partial charge >= 0.3 is 0 Å². The second-order valence-corrected chi connectivity index (χ2v) is 9.56. The Morgan fingerprint density at radius 3 is 2.37 bits per heavy atom. The van der Waals surface area contributed by atoms with E-state index in [4.69, 9.17) is 4.42 Å². The third kappa shape index (κ3) is 5.75. The van der Waals surface area contributed by atoms with E-state index in [9.17, 15) is 0 Å². The second-order valence-electron chi connectivity index (χ2n) is 9.56. The number of rotatable bonds is 3. The number of aromatic nitrogens is 3. The van der Waals surface area contributed by atoms with Gasteiger partial charge in [0.1, 0.15) is 0 Å². The van der Waals surface area contributed by atoms with E-state index in [0.29, 0.717) is 11.6 Å². The van der Waals surface area contributed by atoms with E-state index in [0.717, 1.165) is 44.6 Å². The Morgan fingerprint density at radius 1 is 0.789 bits per heavy atom. The van der Waals surface area contributed by atoms with Gasteiger partial charge < -0.3 is 14.4 Å². The van der Waals surface area contributed by atoms with Crippen LogP contribution in [0.3, 0.4) is 0 Å². The molecule has 0 N–H and O–H groups in total. The van der Waals surface area contributed by atoms with Gasteiger partial charge in [0, 0.05) is 43.6 Å². The van der Waals surface area contributed by atoms with E-state index in [1.54, 1.807) is 0 Å². The maximum Gasteiger partial charge on any atom is 0.216 e. The molecule has 0 aliphatic rings. The Labute approximate surface area is 237 Å². The van der Waals surface area contributed by atoms with Crippen LogP contribution in [0.5, 0.6) is 0 Å². The molecule has 0 aliphatic heterocycles. The van der Waals surface area contributed by atoms with Crippen molar-refractivity contribution < 1.29 is 24.5 Å². The molecule has 4 heterocycles. The van der Waals surface area contributed by atoms with Crippen molar-refractivity contribution in [2.75, 3.05) is 0 Å². The fourth-order valence-electron chi connectivity index (χ4n) is 4.17. The van der Waals surface area contributed by atoms with Gasteiger partial charge in [-0.25, -0.2) is 4.98 Å². The zero-order chi connectivity index (χ0) is 25.9. The summed E-state index contributed by atoms with van der Waals surface area (Å²) >= 11 is 0. The minimum Gasteiger partial charge on any atom is -0.486 e. The van der Waals surface area contributed by atoms with Gasteiger partial charge in [-0.05, 0) is 61.8 Å². The molecule has 193 valence electrons. The van der Waals surface area contributed by atoms with Crippen molar-refractivity contribution in [1.29, 1.82) is 0 Å². The van der Waals surface area contributed by atoms with Gasteiger partial charge in [0.05, 0.1) is 5.58 Å². The molecule has 0 amide bonds. The third-order valence-corrected chi connectivity index (χ3v) is 6.50. The summed E-state index contributed by atoms with van der Waals surface area (Å²) in [5, 5.41) is 2.08. The molecule has 0 spiro atoms. The molecule has 4 nitrogen and oxygen atoms in total. The SMILES string of the molecule is Cc1ccc2c(n1)oc1c(-c3cc(C(C)C)ccn3)[c-]ccc12.Cc1cnc(-c2[c-]cccc2)cc1C.[Ir]. The average Bonchev–Trinajstić information content (AvgIpc) is 3.29. The molecular formula is C33H29IrN3O-2. The number of furan rings is 1. The predicted octanol–water partition coefficient (Wildman–Crippen LogP) is 8.44. The summed E-state index contributed by atoms with van der Waals surface area (Å²) in [5.74, 6) is 0.455. The van der Waals surface area contributed by atoms with Crippen LogP contribution in [-0.2, 0) is 20.1 Å². The monoisotopic (exact) mass is 676 g/mol. The Bertz CT molecular complexity index is 1690. The van der Waals surface area contributed by atoms with Crippen molar-refractivity contribution in [3.05, 3.63) is 114 Å². The van der Waals surface area contributed by atoms with Crippen LogP contribution in [0.25, 0.3) is 44.6 Å². The molecule has 0 saturated heterocycles. The molecule has 6 rings (SSSR count). The van der Waals surface area contributed by atoms with Crippen molar-refractivity contribution in [3.8, 4) is 22.5 Å². The van der Waals surface area contributed by atoms with Crippen LogP contribution in [0.1, 0.15) is 42.1 Å². The van der Waals surface area contributed by atoms with Crippen molar-refractivity contribution in [3.63, 3.8) is 0 Å². The molecule has 0 saturated carbocycles. The van der Waals surface area contributed by atoms with E-state index in [-0.39, 0.29) is 20.1 Å². The first-order valence-corrected chi connectivity index (χ1v) is 12.5. The van der Waals surface area contributed by atoms with Gasteiger partial charge in [-0.1, -0.05) is 48.1 Å². The first-order chi connectivity index (χ1) is 17.9. The summed E-state index contributed by atoms with van der Waals surface area (Å²) in [6, 6.07) is 28.6. The Kier molecular flexibility index (Phi) is 8.51. The van der Waals surface area contributed by atoms with Crippen LogP contribution in [0, 0.1) is 32.9 Å². The number of pyridine rings is 3. The minimum absolute atomic E-state index is 0. The molecule has 38 heavy (non-hydrogen) atoms. The molecule has 0 atom stereocenters. The van der Waals surface area contributed by atoms with E-state index >= 15 is 0 Å². The second kappa shape index (κ2) is 11.8. The maximum absolute atomic E-state index is 6.04. The Morgan fingerprint density at radius 2 is 1.63 bits per heavy atom. The van der Waals surface area contributed by atoms with E-state index in [2.05, 4.69) is 79.0 Å². The van der Waals surface area contributed by atoms with Crippen LogP contribution in [0.15, 0.2) is 83.5 Å². The average molecular weight is 676 g/mol. The topological polar surface area (TPSA) is 51.8 Å². The standard InChI is InChI=1S/C20H17N2O.C13H12N.Ir/c1-12(2)14-9-10-21-18(11-14)17-6-4-5-15-16-8-7-13(3)22-20(16)23-19(15)17;1-10-8-13(14-9-11(10)2)12-6-4-3-5-7-12;/h4-5,7-12H,1-3H3;3-6,8-9H,1-2H3;/q2*-1;. The first-order valence-electron chi connectivity index (χ1n) is 12.5. The summed E-state index contributed by atoms with van der Waals surface area (Å²) in [5.41, 5.74) is 9.99. The summed E-state index contributed by atoms with van der Waals surface area (Å²) in [4.78, 5) is 13.4. The van der Waals surface area contributed by atoms with Crippen LogP contribution >= 0.6 is 0 Å². The molecule has 5 heteroatoms. The number of hydrogen-bond acceptors (Lipinski definition) is 4. The van der Waals surface area contributed by atoms with Gasteiger partial charge in [-0.3, -0.25) is 0 Å². The largest absolute Gasteiger partial charge is 0.486 e. The Hall–Kier alpha value is -3.66. The predicted molar refractivity (Wildman–Crippen MR) is 150 cm³/mol. The van der Waals surface area contributed by atoms with Crippen LogP contribution < -0.4 is 0 Å². The molecule has 2 aromatic carbocycles. The van der Waals surface area contributed by atoms with Gasteiger partial charge in [-0.15, -0.1) is 54.1 Å². The Balaban J connectivity index is 0.000000193.